The van der Waals surface area contributed by atoms with E-state index >= 15 is 0 Å². The number of benzene rings is 2. The van der Waals surface area contributed by atoms with Crippen LogP contribution in [0.5, 0.6) is 0 Å². The number of hydrogen-bond donors (Lipinski definition) is 1. The molecule has 3 aromatic rings. The lowest BCUT2D eigenvalue weighted by Gasteiger charge is -2.05. The van der Waals surface area contributed by atoms with E-state index in [0.717, 1.165) is 10.0 Å². The summed E-state index contributed by atoms with van der Waals surface area (Å²) >= 11 is 15.7. The number of rotatable bonds is 2. The fourth-order valence-electron chi connectivity index (χ4n) is 2.05. The highest BCUT2D eigenvalue weighted by Crippen LogP contribution is 2.40. The molecule has 0 aliphatic heterocycles. The van der Waals surface area contributed by atoms with E-state index in [0.29, 0.717) is 32.8 Å². The molecule has 0 amide bonds. The van der Waals surface area contributed by atoms with Crippen molar-refractivity contribution in [3.8, 4) is 22.5 Å². The van der Waals surface area contributed by atoms with Crippen molar-refractivity contribution in [3.05, 3.63) is 57.0 Å². The molecule has 0 unspecified atom stereocenters. The molecule has 21 heavy (non-hydrogen) atoms. The van der Waals surface area contributed by atoms with Crippen LogP contribution in [0.2, 0.25) is 10.0 Å². The highest BCUT2D eigenvalue weighted by atomic mass is 79.9. The molecule has 1 aromatic heterocycles. The minimum absolute atomic E-state index is 0.309. The lowest BCUT2D eigenvalue weighted by Crippen LogP contribution is -1.89. The lowest BCUT2D eigenvalue weighted by atomic mass is 10.0. The third kappa shape index (κ3) is 2.79. The van der Waals surface area contributed by atoms with E-state index in [1.807, 2.05) is 24.3 Å². The van der Waals surface area contributed by atoms with Gasteiger partial charge in [0.05, 0.1) is 10.6 Å². The Hall–Kier alpha value is -1.49. The van der Waals surface area contributed by atoms with Crippen molar-refractivity contribution >= 4 is 44.9 Å². The highest BCUT2D eigenvalue weighted by Gasteiger charge is 2.20. The van der Waals surface area contributed by atoms with Crippen molar-refractivity contribution < 1.29 is 4.52 Å². The smallest absolute Gasteiger partial charge is 0.178 e. The Balaban J connectivity index is 2.21. The molecule has 106 valence electrons. The van der Waals surface area contributed by atoms with Crippen molar-refractivity contribution in [1.29, 1.82) is 0 Å². The van der Waals surface area contributed by atoms with Gasteiger partial charge in [-0.2, -0.15) is 0 Å². The summed E-state index contributed by atoms with van der Waals surface area (Å²) in [6.07, 6.45) is 0. The van der Waals surface area contributed by atoms with Crippen LogP contribution in [-0.2, 0) is 0 Å². The summed E-state index contributed by atoms with van der Waals surface area (Å²) in [4.78, 5) is 0. The fraction of sp³-hybridized carbons (Fsp3) is 0. The SMILES string of the molecule is Nc1noc(-c2cc(Cl)ccc2Cl)c1-c1ccc(Br)cc1. The van der Waals surface area contributed by atoms with E-state index in [1.165, 1.54) is 0 Å². The average molecular weight is 384 g/mol. The first-order valence-corrected chi connectivity index (χ1v) is 7.57. The molecule has 0 fully saturated rings. The number of nitrogens with zero attached hydrogens (tertiary/aromatic N) is 1. The third-order valence-electron chi connectivity index (χ3n) is 3.02. The van der Waals surface area contributed by atoms with Gasteiger partial charge in [-0.15, -0.1) is 0 Å². The molecule has 2 N–H and O–H groups in total. The van der Waals surface area contributed by atoms with Crippen LogP contribution < -0.4 is 5.73 Å². The van der Waals surface area contributed by atoms with Crippen LogP contribution in [0.3, 0.4) is 0 Å². The summed E-state index contributed by atoms with van der Waals surface area (Å²) in [5.74, 6) is 0.811. The van der Waals surface area contributed by atoms with Crippen molar-refractivity contribution in [2.75, 3.05) is 5.73 Å². The Morgan fingerprint density at radius 1 is 1.05 bits per heavy atom. The molecule has 0 bridgehead atoms. The predicted molar refractivity (Wildman–Crippen MR) is 89.5 cm³/mol. The molecule has 0 saturated carbocycles. The average Bonchev–Trinajstić information content (AvgIpc) is 2.84. The van der Waals surface area contributed by atoms with Crippen LogP contribution >= 0.6 is 39.1 Å². The summed E-state index contributed by atoms with van der Waals surface area (Å²) < 4.78 is 6.35. The maximum Gasteiger partial charge on any atom is 0.178 e. The van der Waals surface area contributed by atoms with Gasteiger partial charge in [-0.25, -0.2) is 0 Å². The third-order valence-corrected chi connectivity index (χ3v) is 4.12. The number of aromatic nitrogens is 1. The summed E-state index contributed by atoms with van der Waals surface area (Å²) in [5, 5.41) is 4.94. The molecule has 0 aliphatic rings. The van der Waals surface area contributed by atoms with Crippen LogP contribution in [-0.4, -0.2) is 5.16 Å². The van der Waals surface area contributed by atoms with Gasteiger partial charge in [0, 0.05) is 15.1 Å². The first kappa shape index (κ1) is 14.4. The zero-order valence-electron chi connectivity index (χ0n) is 10.6. The second-order valence-electron chi connectivity index (χ2n) is 4.40. The van der Waals surface area contributed by atoms with Gasteiger partial charge in [-0.1, -0.05) is 56.4 Å². The van der Waals surface area contributed by atoms with Crippen LogP contribution in [0.1, 0.15) is 0 Å². The summed E-state index contributed by atoms with van der Waals surface area (Å²) in [5.41, 5.74) is 8.20. The monoisotopic (exact) mass is 382 g/mol. The molecule has 3 nitrogen and oxygen atoms in total. The maximum atomic E-state index is 6.23. The van der Waals surface area contributed by atoms with E-state index in [9.17, 15) is 0 Å². The summed E-state index contributed by atoms with van der Waals surface area (Å²) in [6.45, 7) is 0. The second-order valence-corrected chi connectivity index (χ2v) is 6.16. The van der Waals surface area contributed by atoms with Gasteiger partial charge < -0.3 is 10.3 Å². The molecule has 0 aliphatic carbocycles. The van der Waals surface area contributed by atoms with Crippen molar-refractivity contribution in [3.63, 3.8) is 0 Å². The molecule has 0 atom stereocenters. The Morgan fingerprint density at radius 3 is 2.48 bits per heavy atom. The van der Waals surface area contributed by atoms with Gasteiger partial charge in [-0.05, 0) is 35.9 Å². The Bertz CT molecular complexity index is 800. The molecule has 0 saturated heterocycles. The molecular weight excluding hydrogens is 375 g/mol. The van der Waals surface area contributed by atoms with Crippen LogP contribution in [0.15, 0.2) is 51.5 Å². The highest BCUT2D eigenvalue weighted by molar-refractivity contribution is 9.10. The Morgan fingerprint density at radius 2 is 1.76 bits per heavy atom. The van der Waals surface area contributed by atoms with Crippen molar-refractivity contribution in [2.24, 2.45) is 0 Å². The molecule has 3 rings (SSSR count). The Kier molecular flexibility index (Phi) is 3.93. The summed E-state index contributed by atoms with van der Waals surface area (Å²) in [6, 6.07) is 12.8. The lowest BCUT2D eigenvalue weighted by molar-refractivity contribution is 0.436. The van der Waals surface area contributed by atoms with E-state index in [1.54, 1.807) is 18.2 Å². The van der Waals surface area contributed by atoms with Gasteiger partial charge in [0.1, 0.15) is 0 Å². The van der Waals surface area contributed by atoms with Crippen molar-refractivity contribution in [1.82, 2.24) is 5.16 Å². The van der Waals surface area contributed by atoms with E-state index in [-0.39, 0.29) is 0 Å². The number of nitrogens with two attached hydrogens (primary N) is 1. The number of halogens is 3. The van der Waals surface area contributed by atoms with Crippen LogP contribution in [0.4, 0.5) is 5.82 Å². The maximum absolute atomic E-state index is 6.23. The van der Waals surface area contributed by atoms with Gasteiger partial charge >= 0.3 is 0 Å². The van der Waals surface area contributed by atoms with E-state index in [4.69, 9.17) is 33.5 Å². The number of nitrogen functional groups attached to an aromatic ring is 1. The quantitative estimate of drug-likeness (QED) is 0.621. The van der Waals surface area contributed by atoms with E-state index < -0.39 is 0 Å². The first-order chi connectivity index (χ1) is 10.1. The zero-order valence-corrected chi connectivity index (χ0v) is 13.7. The normalized spacial score (nSPS) is 10.8. The number of anilines is 1. The molecule has 1 heterocycles. The molecule has 6 heteroatoms. The minimum atomic E-state index is 0.309. The van der Waals surface area contributed by atoms with Gasteiger partial charge in [-0.3, -0.25) is 0 Å². The first-order valence-electron chi connectivity index (χ1n) is 6.03. The van der Waals surface area contributed by atoms with Crippen LogP contribution in [0.25, 0.3) is 22.5 Å². The van der Waals surface area contributed by atoms with E-state index in [2.05, 4.69) is 21.1 Å². The molecule has 0 spiro atoms. The minimum Gasteiger partial charge on any atom is -0.380 e. The molecule has 2 aromatic carbocycles. The second kappa shape index (κ2) is 5.72. The number of hydrogen-bond acceptors (Lipinski definition) is 3. The van der Waals surface area contributed by atoms with Gasteiger partial charge in [0.25, 0.3) is 0 Å². The Labute approximate surface area is 139 Å². The van der Waals surface area contributed by atoms with Gasteiger partial charge in [0.15, 0.2) is 11.6 Å². The largest absolute Gasteiger partial charge is 0.380 e. The van der Waals surface area contributed by atoms with Crippen molar-refractivity contribution in [2.45, 2.75) is 0 Å². The predicted octanol–water partition coefficient (Wildman–Crippen LogP) is 5.66. The topological polar surface area (TPSA) is 52.0 Å². The van der Waals surface area contributed by atoms with Crippen LogP contribution in [0, 0.1) is 0 Å². The summed E-state index contributed by atoms with van der Waals surface area (Å²) in [7, 11) is 0. The standard InChI is InChI=1S/C15H9BrCl2N2O/c16-9-3-1-8(2-4-9)13-14(21-20-15(13)19)11-7-10(17)5-6-12(11)18/h1-7H,(H2,19,20). The molecular formula is C15H9BrCl2N2O. The fourth-order valence-corrected chi connectivity index (χ4v) is 2.69. The van der Waals surface area contributed by atoms with Gasteiger partial charge in [0.2, 0.25) is 0 Å². The zero-order chi connectivity index (χ0) is 15.0. The molecule has 0 radical (unpaired) electrons.